The highest BCUT2D eigenvalue weighted by Gasteiger charge is 2.26. The second-order valence-corrected chi connectivity index (χ2v) is 16.2. The average Bonchev–Trinajstić information content (AvgIpc) is 3.03. The highest BCUT2D eigenvalue weighted by Crippen LogP contribution is 2.46. The summed E-state index contributed by atoms with van der Waals surface area (Å²) < 4.78 is 0. The Morgan fingerprint density at radius 2 is 1.04 bits per heavy atom. The molecule has 1 aliphatic carbocycles. The lowest BCUT2D eigenvalue weighted by molar-refractivity contribution is 0.443. The predicted molar refractivity (Wildman–Crippen MR) is 202 cm³/mol. The summed E-state index contributed by atoms with van der Waals surface area (Å²) >= 11 is 7.57. The minimum absolute atomic E-state index is 0.0819. The molecule has 1 aliphatic rings. The second kappa shape index (κ2) is 13.9. The standard InChI is InChI=1S/C43H55ClN2/c1-30(2)31(3)45(36-26-20-34(21-27-36)42(4,5)6)39-16-13-17-40(41(39)44)46(38-28-22-35(23-29-38)43(7,8)9)37-24-18-33(19-25-37)32-14-11-10-12-15-32/h13,16-32H,10-12,14-15H2,1-9H3. The second-order valence-electron chi connectivity index (χ2n) is 15.8. The number of halogens is 1. The quantitative estimate of drug-likeness (QED) is 0.190. The lowest BCUT2D eigenvalue weighted by Crippen LogP contribution is -2.33. The van der Waals surface area contributed by atoms with Gasteiger partial charge in [-0.2, -0.15) is 0 Å². The van der Waals surface area contributed by atoms with Crippen LogP contribution in [0.2, 0.25) is 5.02 Å². The zero-order valence-electron chi connectivity index (χ0n) is 29.7. The summed E-state index contributed by atoms with van der Waals surface area (Å²) in [5.41, 5.74) is 9.69. The molecule has 0 aromatic heterocycles. The van der Waals surface area contributed by atoms with E-state index in [1.807, 2.05) is 0 Å². The maximum atomic E-state index is 7.57. The largest absolute Gasteiger partial charge is 0.337 e. The van der Waals surface area contributed by atoms with Crippen LogP contribution in [0.3, 0.4) is 0 Å². The van der Waals surface area contributed by atoms with Gasteiger partial charge in [0, 0.05) is 23.1 Å². The zero-order chi connectivity index (χ0) is 33.2. The molecule has 1 atom stereocenters. The number of rotatable bonds is 8. The molecule has 0 saturated heterocycles. The van der Waals surface area contributed by atoms with Gasteiger partial charge in [0.25, 0.3) is 0 Å². The van der Waals surface area contributed by atoms with Gasteiger partial charge in [-0.25, -0.2) is 0 Å². The first-order valence-electron chi connectivity index (χ1n) is 17.4. The minimum Gasteiger partial charge on any atom is -0.337 e. The van der Waals surface area contributed by atoms with Crippen LogP contribution < -0.4 is 9.80 Å². The first-order valence-corrected chi connectivity index (χ1v) is 17.8. The minimum atomic E-state index is 0.0819. The van der Waals surface area contributed by atoms with Gasteiger partial charge < -0.3 is 9.80 Å². The SMILES string of the molecule is CC(C)C(C)N(c1ccc(C(C)(C)C)cc1)c1cccc(N(c2ccc(C3CCCCC3)cc2)c2ccc(C(C)(C)C)cc2)c1Cl. The molecule has 4 aromatic rings. The van der Waals surface area contributed by atoms with Crippen molar-refractivity contribution >= 4 is 40.0 Å². The van der Waals surface area contributed by atoms with E-state index in [2.05, 4.69) is 163 Å². The number of hydrogen-bond donors (Lipinski definition) is 0. The topological polar surface area (TPSA) is 6.48 Å². The van der Waals surface area contributed by atoms with E-state index in [-0.39, 0.29) is 16.9 Å². The highest BCUT2D eigenvalue weighted by atomic mass is 35.5. The van der Waals surface area contributed by atoms with Gasteiger partial charge in [0.05, 0.1) is 16.4 Å². The van der Waals surface area contributed by atoms with Crippen molar-refractivity contribution < 1.29 is 0 Å². The van der Waals surface area contributed by atoms with E-state index in [1.54, 1.807) is 0 Å². The van der Waals surface area contributed by atoms with E-state index in [4.69, 9.17) is 11.6 Å². The van der Waals surface area contributed by atoms with Gasteiger partial charge in [-0.1, -0.05) is 129 Å². The molecule has 0 radical (unpaired) electrons. The maximum Gasteiger partial charge on any atom is 0.0883 e. The molecular weight excluding hydrogens is 580 g/mol. The van der Waals surface area contributed by atoms with Crippen molar-refractivity contribution in [3.63, 3.8) is 0 Å². The predicted octanol–water partition coefficient (Wildman–Crippen LogP) is 13.6. The number of nitrogens with zero attached hydrogens (tertiary/aromatic N) is 2. The smallest absolute Gasteiger partial charge is 0.0883 e. The Bertz CT molecular complexity index is 1560. The summed E-state index contributed by atoms with van der Waals surface area (Å²) in [5, 5.41) is 0.756. The lowest BCUT2D eigenvalue weighted by atomic mass is 9.84. The van der Waals surface area contributed by atoms with Crippen molar-refractivity contribution in [3.05, 3.63) is 113 Å². The molecule has 0 N–H and O–H groups in total. The van der Waals surface area contributed by atoms with Crippen LogP contribution in [0, 0.1) is 5.92 Å². The van der Waals surface area contributed by atoms with E-state index >= 15 is 0 Å². The van der Waals surface area contributed by atoms with Crippen molar-refractivity contribution in [2.45, 2.75) is 117 Å². The first kappa shape index (κ1) is 34.1. The molecule has 1 saturated carbocycles. The molecule has 1 fully saturated rings. The van der Waals surface area contributed by atoms with Crippen LogP contribution >= 0.6 is 11.6 Å². The first-order chi connectivity index (χ1) is 21.8. The molecule has 0 spiro atoms. The Hall–Kier alpha value is -3.23. The molecular formula is C43H55ClN2. The van der Waals surface area contributed by atoms with E-state index in [9.17, 15) is 0 Å². The molecule has 0 aliphatic heterocycles. The summed E-state index contributed by atoms with van der Waals surface area (Å²) in [5.74, 6) is 1.10. The van der Waals surface area contributed by atoms with Crippen molar-refractivity contribution in [2.24, 2.45) is 5.92 Å². The average molecular weight is 635 g/mol. The molecule has 244 valence electrons. The summed E-state index contributed by atoms with van der Waals surface area (Å²) in [6.07, 6.45) is 6.64. The van der Waals surface area contributed by atoms with E-state index < -0.39 is 0 Å². The molecule has 5 rings (SSSR count). The van der Waals surface area contributed by atoms with E-state index in [0.717, 1.165) is 33.5 Å². The molecule has 3 heteroatoms. The Morgan fingerprint density at radius 3 is 1.52 bits per heavy atom. The maximum absolute atomic E-state index is 7.57. The molecule has 4 aromatic carbocycles. The Kier molecular flexibility index (Phi) is 10.3. The van der Waals surface area contributed by atoms with Crippen LogP contribution in [0.5, 0.6) is 0 Å². The van der Waals surface area contributed by atoms with Crippen molar-refractivity contribution in [1.82, 2.24) is 0 Å². The monoisotopic (exact) mass is 634 g/mol. The molecule has 0 heterocycles. The molecule has 2 nitrogen and oxygen atoms in total. The fourth-order valence-electron chi connectivity index (χ4n) is 6.75. The third kappa shape index (κ3) is 7.49. The van der Waals surface area contributed by atoms with Crippen molar-refractivity contribution in [2.75, 3.05) is 9.80 Å². The van der Waals surface area contributed by atoms with Gasteiger partial charge in [-0.3, -0.25) is 0 Å². The lowest BCUT2D eigenvalue weighted by Gasteiger charge is -2.36. The molecule has 0 amide bonds. The van der Waals surface area contributed by atoms with Crippen LogP contribution in [0.15, 0.2) is 91.0 Å². The fourth-order valence-corrected chi connectivity index (χ4v) is 7.05. The summed E-state index contributed by atoms with van der Waals surface area (Å²) in [7, 11) is 0. The van der Waals surface area contributed by atoms with Crippen LogP contribution in [0.4, 0.5) is 28.4 Å². The molecule has 46 heavy (non-hydrogen) atoms. The summed E-state index contributed by atoms with van der Waals surface area (Å²) in [6, 6.07) is 34.1. The molecule has 1 unspecified atom stereocenters. The number of benzene rings is 4. The Labute approximate surface area is 284 Å². The number of hydrogen-bond acceptors (Lipinski definition) is 2. The van der Waals surface area contributed by atoms with Crippen molar-refractivity contribution in [1.29, 1.82) is 0 Å². The van der Waals surface area contributed by atoms with Gasteiger partial charge in [-0.05, 0) is 108 Å². The van der Waals surface area contributed by atoms with Crippen LogP contribution in [-0.2, 0) is 10.8 Å². The van der Waals surface area contributed by atoms with Crippen LogP contribution in [-0.4, -0.2) is 6.04 Å². The zero-order valence-corrected chi connectivity index (χ0v) is 30.5. The van der Waals surface area contributed by atoms with Crippen LogP contribution in [0.1, 0.15) is 117 Å². The summed E-state index contributed by atoms with van der Waals surface area (Å²) in [4.78, 5) is 4.76. The fraction of sp³-hybridized carbons (Fsp3) is 0.442. The van der Waals surface area contributed by atoms with E-state index in [1.165, 1.54) is 48.8 Å². The van der Waals surface area contributed by atoms with Crippen molar-refractivity contribution in [3.8, 4) is 0 Å². The third-order valence-corrected chi connectivity index (χ3v) is 10.4. The Morgan fingerprint density at radius 1 is 0.587 bits per heavy atom. The Balaban J connectivity index is 1.62. The summed E-state index contributed by atoms with van der Waals surface area (Å²) in [6.45, 7) is 20.5. The van der Waals surface area contributed by atoms with Gasteiger partial charge in [-0.15, -0.1) is 0 Å². The van der Waals surface area contributed by atoms with Gasteiger partial charge in [0.15, 0.2) is 0 Å². The van der Waals surface area contributed by atoms with Gasteiger partial charge >= 0.3 is 0 Å². The van der Waals surface area contributed by atoms with Gasteiger partial charge in [0.2, 0.25) is 0 Å². The van der Waals surface area contributed by atoms with E-state index in [0.29, 0.717) is 11.8 Å². The third-order valence-electron chi connectivity index (χ3n) is 10.1. The normalized spacial score (nSPS) is 15.2. The molecule has 0 bridgehead atoms. The number of anilines is 5. The highest BCUT2D eigenvalue weighted by molar-refractivity contribution is 6.36. The van der Waals surface area contributed by atoms with Crippen LogP contribution in [0.25, 0.3) is 0 Å². The van der Waals surface area contributed by atoms with Gasteiger partial charge in [0.1, 0.15) is 0 Å².